The molecular formula is C31H32N3O5-. The number of carboxylic acids is 1. The molecule has 1 aliphatic rings. The van der Waals surface area contributed by atoms with Gasteiger partial charge < -0.3 is 30.0 Å². The molecule has 39 heavy (non-hydrogen) atoms. The first-order chi connectivity index (χ1) is 18.9. The number of aromatic nitrogens is 1. The second-order valence-corrected chi connectivity index (χ2v) is 10.3. The van der Waals surface area contributed by atoms with Gasteiger partial charge in [-0.2, -0.15) is 0 Å². The molecule has 8 heteroatoms. The van der Waals surface area contributed by atoms with E-state index in [0.717, 1.165) is 47.8 Å². The number of carboxylic acid groups (broad SMARTS) is 1. The summed E-state index contributed by atoms with van der Waals surface area (Å²) in [5.74, 6) is 0.509. The monoisotopic (exact) mass is 526 g/mol. The van der Waals surface area contributed by atoms with E-state index in [1.54, 1.807) is 55.4 Å². The van der Waals surface area contributed by atoms with Crippen LogP contribution in [0.4, 0.5) is 5.69 Å². The van der Waals surface area contributed by atoms with Gasteiger partial charge in [-0.3, -0.25) is 4.79 Å². The highest BCUT2D eigenvalue weighted by molar-refractivity contribution is 5.99. The Morgan fingerprint density at radius 2 is 1.62 bits per heavy atom. The molecule has 2 N–H and O–H groups in total. The molecule has 202 valence electrons. The first-order valence-electron chi connectivity index (χ1n) is 13.2. The number of fused-ring (bicyclic) bond motifs is 1. The van der Waals surface area contributed by atoms with E-state index in [-0.39, 0.29) is 18.0 Å². The highest BCUT2D eigenvalue weighted by Crippen LogP contribution is 2.44. The Balaban J connectivity index is 1.63. The van der Waals surface area contributed by atoms with Crippen molar-refractivity contribution in [1.82, 2.24) is 9.47 Å². The lowest BCUT2D eigenvalue weighted by atomic mass is 9.82. The summed E-state index contributed by atoms with van der Waals surface area (Å²) in [6, 6.07) is 19.7. The molecule has 8 nitrogen and oxygen atoms in total. The van der Waals surface area contributed by atoms with Crippen LogP contribution >= 0.6 is 0 Å². The van der Waals surface area contributed by atoms with Crippen molar-refractivity contribution in [3.05, 3.63) is 83.1 Å². The van der Waals surface area contributed by atoms with Crippen LogP contribution in [-0.4, -0.2) is 40.5 Å². The molecular weight excluding hydrogens is 494 g/mol. The number of nitrogens with one attached hydrogen (secondary N) is 1. The summed E-state index contributed by atoms with van der Waals surface area (Å²) in [5.41, 5.74) is 6.34. The molecule has 0 atom stereocenters. The predicted octanol–water partition coefficient (Wildman–Crippen LogP) is 6.84. The first-order valence-corrected chi connectivity index (χ1v) is 13.2. The van der Waals surface area contributed by atoms with Crippen molar-refractivity contribution >= 4 is 28.5 Å². The fourth-order valence-corrected chi connectivity index (χ4v) is 5.47. The third-order valence-electron chi connectivity index (χ3n) is 7.49. The average Bonchev–Trinajstić information content (AvgIpc) is 3.27. The Labute approximate surface area is 227 Å². The minimum absolute atomic E-state index is 0.0694. The molecule has 0 saturated heterocycles. The van der Waals surface area contributed by atoms with Crippen molar-refractivity contribution in [3.8, 4) is 22.8 Å². The van der Waals surface area contributed by atoms with Gasteiger partial charge >= 0.3 is 5.97 Å². The number of rotatable bonds is 8. The van der Waals surface area contributed by atoms with Crippen LogP contribution in [0.2, 0.25) is 0 Å². The summed E-state index contributed by atoms with van der Waals surface area (Å²) in [6.07, 6.45) is 5.63. The minimum Gasteiger partial charge on any atom is -0.761 e. The Hall–Kier alpha value is -4.30. The smallest absolute Gasteiger partial charge is 0.335 e. The second-order valence-electron chi connectivity index (χ2n) is 10.3. The Morgan fingerprint density at radius 1 is 0.974 bits per heavy atom. The van der Waals surface area contributed by atoms with E-state index in [0.29, 0.717) is 23.1 Å². The van der Waals surface area contributed by atoms with E-state index in [4.69, 9.17) is 4.74 Å². The Kier molecular flexibility index (Phi) is 7.56. The number of amides is 1. The van der Waals surface area contributed by atoms with Gasteiger partial charge in [0, 0.05) is 25.2 Å². The molecule has 3 aromatic carbocycles. The third kappa shape index (κ3) is 5.47. The number of benzene rings is 3. The number of anilines is 1. The van der Waals surface area contributed by atoms with Gasteiger partial charge in [-0.25, -0.2) is 4.79 Å². The molecule has 0 bridgehead atoms. The Morgan fingerprint density at radius 3 is 2.21 bits per heavy atom. The van der Waals surface area contributed by atoms with Gasteiger partial charge in [-0.1, -0.05) is 25.3 Å². The molecule has 1 aromatic heterocycles. The summed E-state index contributed by atoms with van der Waals surface area (Å²) >= 11 is 0. The number of carbonyl (C=O) groups is 2. The van der Waals surface area contributed by atoms with Crippen LogP contribution in [0.15, 0.2) is 66.7 Å². The minimum atomic E-state index is -0.995. The predicted molar refractivity (Wildman–Crippen MR) is 152 cm³/mol. The molecule has 1 fully saturated rings. The zero-order valence-corrected chi connectivity index (χ0v) is 22.1. The van der Waals surface area contributed by atoms with E-state index in [1.807, 2.05) is 40.4 Å². The lowest BCUT2D eigenvalue weighted by Crippen LogP contribution is -2.26. The van der Waals surface area contributed by atoms with Crippen molar-refractivity contribution in [2.75, 3.05) is 19.6 Å². The van der Waals surface area contributed by atoms with Crippen LogP contribution in [0.5, 0.6) is 11.5 Å². The van der Waals surface area contributed by atoms with Crippen molar-refractivity contribution < 1.29 is 19.4 Å². The van der Waals surface area contributed by atoms with Gasteiger partial charge in [0.05, 0.1) is 16.8 Å². The SMILES string of the molecule is CN(C)C(=O)Cn1c(-c2ccc(Oc3ccc(N[O-])cc3)cc2)c(C2CCCCC2)c2ccc(C(=O)O)cc21. The first kappa shape index (κ1) is 26.3. The third-order valence-corrected chi connectivity index (χ3v) is 7.49. The van der Waals surface area contributed by atoms with E-state index < -0.39 is 5.97 Å². The van der Waals surface area contributed by atoms with Gasteiger partial charge in [0.2, 0.25) is 5.91 Å². The fraction of sp³-hybridized carbons (Fsp3) is 0.290. The summed E-state index contributed by atoms with van der Waals surface area (Å²) in [7, 11) is 3.45. The highest BCUT2D eigenvalue weighted by Gasteiger charge is 2.28. The van der Waals surface area contributed by atoms with Gasteiger partial charge in [0.15, 0.2) is 0 Å². The van der Waals surface area contributed by atoms with Crippen molar-refractivity contribution in [1.29, 1.82) is 0 Å². The van der Waals surface area contributed by atoms with Gasteiger partial charge in [0.1, 0.15) is 18.0 Å². The van der Waals surface area contributed by atoms with Crippen LogP contribution < -0.4 is 10.2 Å². The van der Waals surface area contributed by atoms with E-state index >= 15 is 0 Å². The number of ether oxygens (including phenoxy) is 1. The van der Waals surface area contributed by atoms with E-state index in [9.17, 15) is 19.9 Å². The molecule has 0 aliphatic heterocycles. The van der Waals surface area contributed by atoms with Crippen LogP contribution in [0.1, 0.15) is 53.9 Å². The molecule has 0 spiro atoms. The fourth-order valence-electron chi connectivity index (χ4n) is 5.47. The van der Waals surface area contributed by atoms with Crippen molar-refractivity contribution in [2.45, 2.75) is 44.6 Å². The summed E-state index contributed by atoms with van der Waals surface area (Å²) < 4.78 is 7.96. The average molecular weight is 527 g/mol. The molecule has 1 saturated carbocycles. The largest absolute Gasteiger partial charge is 0.761 e. The molecule has 4 aromatic rings. The zero-order chi connectivity index (χ0) is 27.5. The number of aromatic carboxylic acids is 1. The normalized spacial score (nSPS) is 13.8. The summed E-state index contributed by atoms with van der Waals surface area (Å²) in [4.78, 5) is 26.4. The van der Waals surface area contributed by atoms with Crippen LogP contribution in [0.3, 0.4) is 0 Å². The van der Waals surface area contributed by atoms with E-state index in [1.165, 1.54) is 12.0 Å². The molecule has 1 heterocycles. The lowest BCUT2D eigenvalue weighted by Gasteiger charge is -2.24. The highest BCUT2D eigenvalue weighted by atomic mass is 16.5. The van der Waals surface area contributed by atoms with E-state index in [2.05, 4.69) is 0 Å². The molecule has 1 amide bonds. The summed E-state index contributed by atoms with van der Waals surface area (Å²) in [6.45, 7) is 0.104. The molecule has 5 rings (SSSR count). The number of hydrogen-bond donors (Lipinski definition) is 2. The maximum Gasteiger partial charge on any atom is 0.335 e. The number of likely N-dealkylation sites (N-methyl/N-ethyl adjacent to an activating group) is 1. The molecule has 1 aliphatic carbocycles. The standard InChI is InChI=1S/C31H32N3O5/c1-33(2)28(35)19-34-27-18-22(31(36)37)10-17-26(27)29(20-6-4-3-5-7-20)30(34)21-8-13-24(14-9-21)39-25-15-11-23(32-38)12-16-25/h8-18,20,32H,3-7,19H2,1-2H3,(H,36,37)/q-1. The number of carbonyl (C=O) groups excluding carboxylic acids is 1. The van der Waals surface area contributed by atoms with Crippen LogP contribution in [0, 0.1) is 5.21 Å². The quantitative estimate of drug-likeness (QED) is 0.243. The molecule has 0 radical (unpaired) electrons. The van der Waals surface area contributed by atoms with Crippen LogP contribution in [-0.2, 0) is 11.3 Å². The van der Waals surface area contributed by atoms with Gasteiger partial charge in [-0.15, -0.1) is 0 Å². The maximum atomic E-state index is 13.0. The number of nitrogens with zero attached hydrogens (tertiary/aromatic N) is 2. The van der Waals surface area contributed by atoms with Crippen molar-refractivity contribution in [3.63, 3.8) is 0 Å². The zero-order valence-electron chi connectivity index (χ0n) is 22.1. The Bertz CT molecular complexity index is 1480. The number of hydrogen-bond acceptors (Lipinski definition) is 5. The lowest BCUT2D eigenvalue weighted by molar-refractivity contribution is -0.129. The van der Waals surface area contributed by atoms with Gasteiger partial charge in [-0.05, 0) is 90.6 Å². The second kappa shape index (κ2) is 11.2. The molecule has 0 unspecified atom stereocenters. The van der Waals surface area contributed by atoms with Crippen LogP contribution in [0.25, 0.3) is 22.2 Å². The van der Waals surface area contributed by atoms with Crippen molar-refractivity contribution in [2.24, 2.45) is 0 Å². The summed E-state index contributed by atoms with van der Waals surface area (Å²) in [5, 5.41) is 21.5. The topological polar surface area (TPSA) is 107 Å². The maximum absolute atomic E-state index is 13.0. The van der Waals surface area contributed by atoms with Gasteiger partial charge in [0.25, 0.3) is 0 Å².